The zero-order chi connectivity index (χ0) is 57.6. The van der Waals surface area contributed by atoms with Crippen LogP contribution in [0.1, 0.15) is 55.6 Å². The molecule has 0 amide bonds. The van der Waals surface area contributed by atoms with E-state index in [4.69, 9.17) is 0 Å². The number of benzene rings is 11. The first-order valence-corrected chi connectivity index (χ1v) is 26.3. The van der Waals surface area contributed by atoms with Crippen molar-refractivity contribution < 1.29 is 43.9 Å². The average Bonchev–Trinajstić information content (AvgIpc) is 1.96. The van der Waals surface area contributed by atoms with Crippen molar-refractivity contribution in [3.63, 3.8) is 0 Å². The smallest absolute Gasteiger partial charge is 0.200 e. The minimum Gasteiger partial charge on any atom is -0.310 e. The summed E-state index contributed by atoms with van der Waals surface area (Å²) in [6.45, 7) is 7.68. The number of hydrogen-bond donors (Lipinski definition) is 0. The summed E-state index contributed by atoms with van der Waals surface area (Å²) < 4.78 is 162. The molecule has 1 nitrogen and oxygen atoms in total. The van der Waals surface area contributed by atoms with Crippen LogP contribution >= 0.6 is 0 Å². The Hall–Kier alpha value is -10.0. The molecule has 0 N–H and O–H groups in total. The highest BCUT2D eigenvalue weighted by molar-refractivity contribution is 5.93. The van der Waals surface area contributed by atoms with Gasteiger partial charge < -0.3 is 4.90 Å². The minimum absolute atomic E-state index is 0.122. The standard InChI is InChI=1S/C72H41F10N/c1-3-40-21-27-46(28-22-40)71(59-61(73)65(77)69(81)66(78)62(59)74)55-19-10-8-17-51(55)53-35-33-49(38-57(53)71)83(48-31-25-43(26-32-48)45-16-12-15-44(37-45)42-13-6-5-7-14-42)50-34-36-54-52-18-9-11-20-56(52)72(58(54)39-50,47-29-23-41(4-2)24-30-47)60-63(75)67(79)70(82)68(80)64(60)76/h3-39H,1-2H2. The molecular weight excluding hydrogens is 1070 g/mol. The molecule has 13 rings (SSSR count). The van der Waals surface area contributed by atoms with Crippen LogP contribution < -0.4 is 4.90 Å². The lowest BCUT2D eigenvalue weighted by molar-refractivity contribution is 0.363. The first-order valence-electron chi connectivity index (χ1n) is 26.3. The van der Waals surface area contributed by atoms with Gasteiger partial charge >= 0.3 is 0 Å². The van der Waals surface area contributed by atoms with E-state index in [1.165, 1.54) is 0 Å². The topological polar surface area (TPSA) is 3.24 Å². The van der Waals surface area contributed by atoms with E-state index in [9.17, 15) is 0 Å². The summed E-state index contributed by atoms with van der Waals surface area (Å²) in [6.07, 6.45) is 3.08. The van der Waals surface area contributed by atoms with E-state index in [0.29, 0.717) is 39.1 Å². The third kappa shape index (κ3) is 7.70. The molecule has 404 valence electrons. The van der Waals surface area contributed by atoms with Crippen LogP contribution in [-0.4, -0.2) is 0 Å². The maximum atomic E-state index is 17.1. The Morgan fingerprint density at radius 1 is 0.277 bits per heavy atom. The third-order valence-corrected chi connectivity index (χ3v) is 16.3. The zero-order valence-electron chi connectivity index (χ0n) is 43.5. The summed E-state index contributed by atoms with van der Waals surface area (Å²) in [6, 6.07) is 61.0. The van der Waals surface area contributed by atoms with Gasteiger partial charge in [0, 0.05) is 28.2 Å². The third-order valence-electron chi connectivity index (χ3n) is 16.3. The predicted octanol–water partition coefficient (Wildman–Crippen LogP) is 19.9. The van der Waals surface area contributed by atoms with Crippen LogP contribution in [0.5, 0.6) is 0 Å². The first-order chi connectivity index (χ1) is 40.2. The monoisotopic (exact) mass is 1110 g/mol. The van der Waals surface area contributed by atoms with Crippen LogP contribution in [0.15, 0.2) is 225 Å². The summed E-state index contributed by atoms with van der Waals surface area (Å²) in [7, 11) is 0. The van der Waals surface area contributed by atoms with Crippen molar-refractivity contribution in [3.8, 4) is 44.5 Å². The van der Waals surface area contributed by atoms with Gasteiger partial charge in [0.05, 0.1) is 10.8 Å². The molecule has 0 aliphatic heterocycles. The van der Waals surface area contributed by atoms with Gasteiger partial charge in [-0.25, -0.2) is 43.9 Å². The highest BCUT2D eigenvalue weighted by Crippen LogP contribution is 2.61. The zero-order valence-corrected chi connectivity index (χ0v) is 43.5. The van der Waals surface area contributed by atoms with E-state index in [2.05, 4.69) is 13.2 Å². The van der Waals surface area contributed by atoms with Crippen molar-refractivity contribution in [1.29, 1.82) is 0 Å². The molecule has 0 heterocycles. The van der Waals surface area contributed by atoms with Gasteiger partial charge in [-0.1, -0.05) is 195 Å². The van der Waals surface area contributed by atoms with E-state index < -0.39 is 80.1 Å². The Morgan fingerprint density at radius 2 is 0.614 bits per heavy atom. The summed E-state index contributed by atoms with van der Waals surface area (Å²) in [5.74, 6) is -21.4. The van der Waals surface area contributed by atoms with E-state index in [0.717, 1.165) is 22.3 Å². The molecule has 11 heteroatoms. The van der Waals surface area contributed by atoms with Crippen LogP contribution in [0.3, 0.4) is 0 Å². The second kappa shape index (κ2) is 19.9. The molecule has 0 saturated carbocycles. The Bertz CT molecular complexity index is 4200. The van der Waals surface area contributed by atoms with Gasteiger partial charge in [-0.3, -0.25) is 0 Å². The van der Waals surface area contributed by atoms with Gasteiger partial charge in [-0.2, -0.15) is 0 Å². The lowest BCUT2D eigenvalue weighted by Gasteiger charge is -2.36. The molecule has 0 bridgehead atoms. The van der Waals surface area contributed by atoms with Crippen LogP contribution in [0, 0.1) is 58.2 Å². The molecule has 0 aromatic heterocycles. The normalized spacial score (nSPS) is 15.5. The summed E-state index contributed by atoms with van der Waals surface area (Å²) in [5.41, 5.74) is 1.67. The van der Waals surface area contributed by atoms with Crippen LogP contribution in [0.2, 0.25) is 0 Å². The van der Waals surface area contributed by atoms with Gasteiger partial charge in [0.1, 0.15) is 0 Å². The van der Waals surface area contributed by atoms with Gasteiger partial charge in [0.15, 0.2) is 46.5 Å². The maximum absolute atomic E-state index is 17.1. The predicted molar refractivity (Wildman–Crippen MR) is 306 cm³/mol. The molecule has 2 aliphatic carbocycles. The van der Waals surface area contributed by atoms with Crippen molar-refractivity contribution in [3.05, 3.63) is 339 Å². The molecule has 0 fully saturated rings. The number of fused-ring (bicyclic) bond motifs is 6. The molecular formula is C72H41F10N. The van der Waals surface area contributed by atoms with Crippen molar-refractivity contribution in [2.45, 2.75) is 10.8 Å². The number of rotatable bonds is 11. The Balaban J connectivity index is 1.11. The highest BCUT2D eigenvalue weighted by Gasteiger charge is 2.53. The molecule has 11 aromatic carbocycles. The second-order valence-corrected chi connectivity index (χ2v) is 20.4. The molecule has 11 aromatic rings. The summed E-state index contributed by atoms with van der Waals surface area (Å²) in [5, 5.41) is 0. The fourth-order valence-electron chi connectivity index (χ4n) is 12.6. The largest absolute Gasteiger partial charge is 0.310 e. The quantitative estimate of drug-likeness (QED) is 0.0709. The summed E-state index contributed by atoms with van der Waals surface area (Å²) >= 11 is 0. The maximum Gasteiger partial charge on any atom is 0.200 e. The molecule has 2 unspecified atom stereocenters. The van der Waals surface area contributed by atoms with Crippen LogP contribution in [0.25, 0.3) is 56.7 Å². The molecule has 2 aliphatic rings. The molecule has 0 saturated heterocycles. The lowest BCUT2D eigenvalue weighted by atomic mass is 9.67. The average molecular weight is 1110 g/mol. The van der Waals surface area contributed by atoms with Crippen molar-refractivity contribution in [2.75, 3.05) is 4.90 Å². The molecule has 0 radical (unpaired) electrons. The van der Waals surface area contributed by atoms with E-state index >= 15 is 43.9 Å². The van der Waals surface area contributed by atoms with E-state index in [1.54, 1.807) is 151 Å². The number of hydrogen-bond acceptors (Lipinski definition) is 1. The highest BCUT2D eigenvalue weighted by atomic mass is 19.2. The van der Waals surface area contributed by atoms with Crippen LogP contribution in [0.4, 0.5) is 61.0 Å². The van der Waals surface area contributed by atoms with Gasteiger partial charge in [0.25, 0.3) is 0 Å². The first kappa shape index (κ1) is 52.4. The molecule has 83 heavy (non-hydrogen) atoms. The minimum atomic E-state index is -2.33. The summed E-state index contributed by atoms with van der Waals surface area (Å²) in [4.78, 5) is 1.74. The lowest BCUT2D eigenvalue weighted by Crippen LogP contribution is -2.33. The van der Waals surface area contributed by atoms with E-state index in [-0.39, 0.29) is 44.8 Å². The van der Waals surface area contributed by atoms with Crippen molar-refractivity contribution >= 4 is 29.2 Å². The molecule has 0 spiro atoms. The van der Waals surface area contributed by atoms with Gasteiger partial charge in [-0.05, 0) is 131 Å². The Morgan fingerprint density at radius 3 is 1.02 bits per heavy atom. The fourth-order valence-corrected chi connectivity index (χ4v) is 12.6. The second-order valence-electron chi connectivity index (χ2n) is 20.4. The van der Waals surface area contributed by atoms with Gasteiger partial charge in [-0.15, -0.1) is 0 Å². The van der Waals surface area contributed by atoms with Crippen LogP contribution in [-0.2, 0) is 10.8 Å². The Labute approximate surface area is 470 Å². The SMILES string of the molecule is C=Cc1ccc(C2(c3c(F)c(F)c(F)c(F)c3F)c3ccccc3-c3ccc(N(c4ccc(-c5cccc(-c6ccccc6)c5)cc4)c4ccc5c(c4)C(c4ccc(C=C)cc4)(c4c(F)c(F)c(F)c(F)c4F)c4ccccc4-5)cc32)cc1. The number of halogens is 10. The molecule has 2 atom stereocenters. The fraction of sp³-hybridized carbons (Fsp3) is 0.0278. The Kier molecular flexibility index (Phi) is 12.6. The van der Waals surface area contributed by atoms with E-state index in [1.807, 2.05) is 78.9 Å². The van der Waals surface area contributed by atoms with Crippen molar-refractivity contribution in [1.82, 2.24) is 0 Å². The van der Waals surface area contributed by atoms with Gasteiger partial charge in [0.2, 0.25) is 11.6 Å². The number of anilines is 3. The number of nitrogens with zero attached hydrogens (tertiary/aromatic N) is 1. The van der Waals surface area contributed by atoms with Crippen molar-refractivity contribution in [2.24, 2.45) is 0 Å².